The Bertz CT molecular complexity index is 943. The summed E-state index contributed by atoms with van der Waals surface area (Å²) in [6.45, 7) is 0.111. The van der Waals surface area contributed by atoms with E-state index in [9.17, 15) is 4.79 Å². The number of anilines is 1. The van der Waals surface area contributed by atoms with Gasteiger partial charge < -0.3 is 13.9 Å². The van der Waals surface area contributed by atoms with E-state index in [1.54, 1.807) is 23.9 Å². The molecule has 0 aliphatic carbocycles. The normalized spacial score (nSPS) is 15.5. The van der Waals surface area contributed by atoms with E-state index in [1.807, 2.05) is 42.7 Å². The molecule has 3 aromatic rings. The molecule has 0 radical (unpaired) electrons. The van der Waals surface area contributed by atoms with Crippen LogP contribution in [-0.2, 0) is 4.79 Å². The summed E-state index contributed by atoms with van der Waals surface area (Å²) in [5.74, 6) is 1.07. The molecule has 2 heterocycles. The zero-order valence-electron chi connectivity index (χ0n) is 13.8. The number of ether oxygens (including phenoxy) is 2. The van der Waals surface area contributed by atoms with Crippen LogP contribution in [-0.4, -0.2) is 35.1 Å². The van der Waals surface area contributed by atoms with Crippen molar-refractivity contribution in [1.29, 1.82) is 0 Å². The van der Waals surface area contributed by atoms with Crippen molar-refractivity contribution in [2.45, 2.75) is 11.0 Å². The smallest absolute Gasteiger partial charge is 0.322 e. The highest BCUT2D eigenvalue weighted by Gasteiger charge is 2.28. The molecule has 0 fully saturated rings. The molecule has 1 N–H and O–H groups in total. The van der Waals surface area contributed by atoms with Crippen molar-refractivity contribution >= 4 is 23.7 Å². The van der Waals surface area contributed by atoms with E-state index >= 15 is 0 Å². The van der Waals surface area contributed by atoms with Crippen LogP contribution in [0.3, 0.4) is 0 Å². The predicted molar refractivity (Wildman–Crippen MR) is 96.5 cm³/mol. The van der Waals surface area contributed by atoms with E-state index < -0.39 is 12.0 Å². The number of nitrogens with one attached hydrogen (secondary N) is 1. The van der Waals surface area contributed by atoms with Gasteiger partial charge in [0.05, 0.1) is 0 Å². The monoisotopic (exact) mass is 369 g/mol. The number of rotatable bonds is 4. The zero-order chi connectivity index (χ0) is 17.9. The van der Waals surface area contributed by atoms with Gasteiger partial charge in [0.15, 0.2) is 11.5 Å². The number of thioether (sulfide) groups is 1. The summed E-state index contributed by atoms with van der Waals surface area (Å²) in [7, 11) is 0. The third-order valence-corrected chi connectivity index (χ3v) is 4.50. The number of hydrogen-bond acceptors (Lipinski definition) is 7. The average molecular weight is 369 g/mol. The number of aromatic nitrogens is 2. The maximum absolute atomic E-state index is 12.4. The lowest BCUT2D eigenvalue weighted by atomic mass is 10.2. The van der Waals surface area contributed by atoms with E-state index in [2.05, 4.69) is 15.5 Å². The summed E-state index contributed by atoms with van der Waals surface area (Å²) in [4.78, 5) is 13.5. The SMILES string of the molecule is CSc1cccc(-c2nnc(NC(=O)[C@H]3COc4ccccc4O3)o2)c1. The second-order valence-corrected chi connectivity index (χ2v) is 6.38. The van der Waals surface area contributed by atoms with Gasteiger partial charge in [-0.2, -0.15) is 0 Å². The minimum absolute atomic E-state index is 0.0158. The number of nitrogens with zero attached hydrogens (tertiary/aromatic N) is 2. The standard InChI is InChI=1S/C18H15N3O4S/c1-26-12-6-4-5-11(9-12)17-20-21-18(25-17)19-16(22)15-10-23-13-7-2-3-8-14(13)24-15/h2-9,15H,10H2,1H3,(H,19,21,22)/t15-/m1/s1. The molecule has 0 spiro atoms. The van der Waals surface area contributed by atoms with Crippen molar-refractivity contribution in [3.05, 3.63) is 48.5 Å². The molecule has 1 amide bonds. The van der Waals surface area contributed by atoms with Gasteiger partial charge in [-0.3, -0.25) is 10.1 Å². The van der Waals surface area contributed by atoms with Gasteiger partial charge in [-0.25, -0.2) is 0 Å². The second kappa shape index (κ2) is 7.09. The highest BCUT2D eigenvalue weighted by Crippen LogP contribution is 2.31. The highest BCUT2D eigenvalue weighted by atomic mass is 32.2. The fourth-order valence-corrected chi connectivity index (χ4v) is 2.94. The third-order valence-electron chi connectivity index (χ3n) is 3.77. The lowest BCUT2D eigenvalue weighted by Gasteiger charge is -2.24. The van der Waals surface area contributed by atoms with Crippen LogP contribution in [0.15, 0.2) is 57.8 Å². The highest BCUT2D eigenvalue weighted by molar-refractivity contribution is 7.98. The lowest BCUT2D eigenvalue weighted by Crippen LogP contribution is -2.40. The molecule has 0 unspecified atom stereocenters. The number of fused-ring (bicyclic) bond motifs is 1. The van der Waals surface area contributed by atoms with Crippen molar-refractivity contribution in [1.82, 2.24) is 10.2 Å². The molecule has 132 valence electrons. The van der Waals surface area contributed by atoms with E-state index in [0.717, 1.165) is 10.5 Å². The maximum Gasteiger partial charge on any atom is 0.322 e. The second-order valence-electron chi connectivity index (χ2n) is 5.50. The van der Waals surface area contributed by atoms with Crippen LogP contribution < -0.4 is 14.8 Å². The van der Waals surface area contributed by atoms with Crippen molar-refractivity contribution < 1.29 is 18.7 Å². The summed E-state index contributed by atoms with van der Waals surface area (Å²) in [6, 6.07) is 14.9. The first kappa shape index (κ1) is 16.5. The first-order valence-corrected chi connectivity index (χ1v) is 9.12. The largest absolute Gasteiger partial charge is 0.485 e. The lowest BCUT2D eigenvalue weighted by molar-refractivity contribution is -0.125. The number of carbonyl (C=O) groups is 1. The Morgan fingerprint density at radius 2 is 2.00 bits per heavy atom. The Hall–Kier alpha value is -3.00. The van der Waals surface area contributed by atoms with Crippen LogP contribution in [0.25, 0.3) is 11.5 Å². The summed E-state index contributed by atoms with van der Waals surface area (Å²) >= 11 is 1.62. The number of amides is 1. The first-order valence-electron chi connectivity index (χ1n) is 7.90. The molecular weight excluding hydrogens is 354 g/mol. The molecule has 0 saturated heterocycles. The van der Waals surface area contributed by atoms with E-state index in [1.165, 1.54) is 0 Å². The topological polar surface area (TPSA) is 86.5 Å². The fourth-order valence-electron chi connectivity index (χ4n) is 2.48. The summed E-state index contributed by atoms with van der Waals surface area (Å²) in [5, 5.41) is 10.4. The molecular formula is C18H15N3O4S. The number of benzene rings is 2. The van der Waals surface area contributed by atoms with E-state index in [-0.39, 0.29) is 12.6 Å². The van der Waals surface area contributed by atoms with E-state index in [0.29, 0.717) is 17.4 Å². The molecule has 0 bridgehead atoms. The van der Waals surface area contributed by atoms with Gasteiger partial charge in [0.1, 0.15) is 6.61 Å². The molecule has 7 nitrogen and oxygen atoms in total. The molecule has 1 atom stereocenters. The van der Waals surface area contributed by atoms with Crippen LogP contribution in [0.4, 0.5) is 6.01 Å². The Labute approximate surface area is 153 Å². The van der Waals surface area contributed by atoms with Crippen LogP contribution >= 0.6 is 11.8 Å². The summed E-state index contributed by atoms with van der Waals surface area (Å²) in [5.41, 5.74) is 0.788. The Morgan fingerprint density at radius 1 is 1.15 bits per heavy atom. The van der Waals surface area contributed by atoms with Gasteiger partial charge in [-0.15, -0.1) is 16.9 Å². The van der Waals surface area contributed by atoms with Crippen molar-refractivity contribution in [2.75, 3.05) is 18.2 Å². The van der Waals surface area contributed by atoms with Gasteiger partial charge in [-0.1, -0.05) is 23.3 Å². The Balaban J connectivity index is 1.45. The predicted octanol–water partition coefficient (Wildman–Crippen LogP) is 3.24. The van der Waals surface area contributed by atoms with Crippen molar-refractivity contribution in [2.24, 2.45) is 0 Å². The van der Waals surface area contributed by atoms with Gasteiger partial charge >= 0.3 is 6.01 Å². The number of hydrogen-bond donors (Lipinski definition) is 1. The fraction of sp³-hybridized carbons (Fsp3) is 0.167. The molecule has 2 aromatic carbocycles. The number of para-hydroxylation sites is 2. The molecule has 1 aliphatic heterocycles. The van der Waals surface area contributed by atoms with Crippen molar-refractivity contribution in [3.63, 3.8) is 0 Å². The van der Waals surface area contributed by atoms with Gasteiger partial charge in [0.2, 0.25) is 12.0 Å². The molecule has 1 aromatic heterocycles. The van der Waals surface area contributed by atoms with Crippen LogP contribution in [0, 0.1) is 0 Å². The van der Waals surface area contributed by atoms with Crippen LogP contribution in [0.5, 0.6) is 11.5 Å². The Kier molecular flexibility index (Phi) is 4.49. The summed E-state index contributed by atoms with van der Waals surface area (Å²) in [6.07, 6.45) is 1.20. The molecule has 4 rings (SSSR count). The van der Waals surface area contributed by atoms with Crippen molar-refractivity contribution in [3.8, 4) is 23.0 Å². The number of carbonyl (C=O) groups excluding carboxylic acids is 1. The quantitative estimate of drug-likeness (QED) is 0.707. The zero-order valence-corrected chi connectivity index (χ0v) is 14.7. The molecule has 0 saturated carbocycles. The maximum atomic E-state index is 12.4. The average Bonchev–Trinajstić information content (AvgIpc) is 3.16. The van der Waals surface area contributed by atoms with Gasteiger partial charge in [0.25, 0.3) is 5.91 Å². The van der Waals surface area contributed by atoms with Gasteiger partial charge in [-0.05, 0) is 36.6 Å². The minimum Gasteiger partial charge on any atom is -0.485 e. The third kappa shape index (κ3) is 3.36. The molecule has 8 heteroatoms. The Morgan fingerprint density at radius 3 is 2.85 bits per heavy atom. The van der Waals surface area contributed by atoms with Crippen LogP contribution in [0.1, 0.15) is 0 Å². The molecule has 26 heavy (non-hydrogen) atoms. The van der Waals surface area contributed by atoms with E-state index in [4.69, 9.17) is 13.9 Å². The minimum atomic E-state index is -0.792. The van der Waals surface area contributed by atoms with Gasteiger partial charge in [0, 0.05) is 10.5 Å². The van der Waals surface area contributed by atoms with Crippen LogP contribution in [0.2, 0.25) is 0 Å². The first-order chi connectivity index (χ1) is 12.7. The molecule has 1 aliphatic rings. The summed E-state index contributed by atoms with van der Waals surface area (Å²) < 4.78 is 16.7.